The van der Waals surface area contributed by atoms with Crippen LogP contribution in [0.4, 0.5) is 11.6 Å². The van der Waals surface area contributed by atoms with Crippen LogP contribution in [0.1, 0.15) is 25.2 Å². The van der Waals surface area contributed by atoms with Crippen molar-refractivity contribution in [2.75, 3.05) is 10.7 Å². The Morgan fingerprint density at radius 1 is 1.41 bits per heavy atom. The normalized spacial score (nSPS) is 12.0. The second kappa shape index (κ2) is 5.44. The largest absolute Gasteiger partial charge is 0.368 e. The third-order valence-corrected chi connectivity index (χ3v) is 2.43. The SMILES string of the molecule is CCc1nc(NN)c(C)c(NC(C)C(N)=O)n1. The number of nitrogens with one attached hydrogen (secondary N) is 2. The van der Waals surface area contributed by atoms with Gasteiger partial charge in [-0.1, -0.05) is 6.92 Å². The lowest BCUT2D eigenvalue weighted by Gasteiger charge is -2.15. The Labute approximate surface area is 100.0 Å². The van der Waals surface area contributed by atoms with Gasteiger partial charge in [0.25, 0.3) is 0 Å². The zero-order chi connectivity index (χ0) is 13.0. The highest BCUT2D eigenvalue weighted by Crippen LogP contribution is 2.19. The van der Waals surface area contributed by atoms with Gasteiger partial charge >= 0.3 is 0 Å². The number of anilines is 2. The number of carbonyl (C=O) groups is 1. The number of hydrazine groups is 1. The van der Waals surface area contributed by atoms with Crippen LogP contribution in [0.2, 0.25) is 0 Å². The Balaban J connectivity index is 3.09. The number of aromatic nitrogens is 2. The fraction of sp³-hybridized carbons (Fsp3) is 0.500. The number of primary amides is 1. The molecule has 0 saturated heterocycles. The van der Waals surface area contributed by atoms with Crippen molar-refractivity contribution in [2.45, 2.75) is 33.2 Å². The fourth-order valence-corrected chi connectivity index (χ4v) is 1.28. The van der Waals surface area contributed by atoms with E-state index >= 15 is 0 Å². The highest BCUT2D eigenvalue weighted by atomic mass is 16.1. The summed E-state index contributed by atoms with van der Waals surface area (Å²) in [6.45, 7) is 5.42. The van der Waals surface area contributed by atoms with Gasteiger partial charge in [-0.2, -0.15) is 0 Å². The zero-order valence-corrected chi connectivity index (χ0v) is 10.2. The van der Waals surface area contributed by atoms with Gasteiger partial charge in [-0.15, -0.1) is 0 Å². The predicted octanol–water partition coefficient (Wildman–Crippen LogP) is -0.0813. The molecule has 1 atom stereocenters. The van der Waals surface area contributed by atoms with E-state index in [9.17, 15) is 4.79 Å². The van der Waals surface area contributed by atoms with Crippen LogP contribution in [-0.2, 0) is 11.2 Å². The van der Waals surface area contributed by atoms with Crippen LogP contribution >= 0.6 is 0 Å². The van der Waals surface area contributed by atoms with Crippen LogP contribution in [0.5, 0.6) is 0 Å². The van der Waals surface area contributed by atoms with E-state index in [1.165, 1.54) is 0 Å². The summed E-state index contributed by atoms with van der Waals surface area (Å²) in [6, 6.07) is -0.501. The quantitative estimate of drug-likeness (QED) is 0.421. The van der Waals surface area contributed by atoms with Gasteiger partial charge in [-0.05, 0) is 13.8 Å². The first kappa shape index (κ1) is 13.2. The molecule has 17 heavy (non-hydrogen) atoms. The van der Waals surface area contributed by atoms with E-state index in [1.54, 1.807) is 6.92 Å². The minimum Gasteiger partial charge on any atom is -0.368 e. The molecule has 1 aromatic heterocycles. The summed E-state index contributed by atoms with van der Waals surface area (Å²) >= 11 is 0. The molecule has 0 spiro atoms. The Morgan fingerprint density at radius 3 is 2.47 bits per heavy atom. The van der Waals surface area contributed by atoms with Crippen molar-refractivity contribution in [1.82, 2.24) is 9.97 Å². The number of nitrogens with two attached hydrogens (primary N) is 2. The molecule has 7 heteroatoms. The fourth-order valence-electron chi connectivity index (χ4n) is 1.28. The standard InChI is InChI=1S/C10H18N6O/c1-4-7-14-9(13-6(3)8(11)17)5(2)10(15-7)16-12/h6H,4,12H2,1-3H3,(H2,11,17)(H2,13,14,15,16). The van der Waals surface area contributed by atoms with Gasteiger partial charge in [-0.3, -0.25) is 4.79 Å². The number of hydrogen-bond acceptors (Lipinski definition) is 6. The molecule has 1 unspecified atom stereocenters. The molecule has 0 aliphatic carbocycles. The summed E-state index contributed by atoms with van der Waals surface area (Å²) in [6.07, 6.45) is 0.675. The summed E-state index contributed by atoms with van der Waals surface area (Å²) in [5.74, 6) is 6.68. The van der Waals surface area contributed by atoms with Crippen molar-refractivity contribution in [3.63, 3.8) is 0 Å². The van der Waals surface area contributed by atoms with Crippen molar-refractivity contribution in [2.24, 2.45) is 11.6 Å². The maximum absolute atomic E-state index is 11.0. The van der Waals surface area contributed by atoms with Gasteiger partial charge in [0.2, 0.25) is 5.91 Å². The number of nitrogen functional groups attached to an aromatic ring is 1. The molecule has 0 bridgehead atoms. The lowest BCUT2D eigenvalue weighted by molar-refractivity contribution is -0.118. The van der Waals surface area contributed by atoms with Gasteiger partial charge in [0.15, 0.2) is 0 Å². The second-order valence-corrected chi connectivity index (χ2v) is 3.73. The molecule has 0 radical (unpaired) electrons. The average Bonchev–Trinajstić information content (AvgIpc) is 2.31. The Hall–Kier alpha value is -1.89. The molecule has 7 nitrogen and oxygen atoms in total. The zero-order valence-electron chi connectivity index (χ0n) is 10.2. The first-order valence-electron chi connectivity index (χ1n) is 5.39. The van der Waals surface area contributed by atoms with Crippen molar-refractivity contribution in [3.8, 4) is 0 Å². The minimum atomic E-state index is -0.501. The highest BCUT2D eigenvalue weighted by Gasteiger charge is 2.14. The highest BCUT2D eigenvalue weighted by molar-refractivity contribution is 5.82. The van der Waals surface area contributed by atoms with E-state index in [2.05, 4.69) is 20.7 Å². The maximum atomic E-state index is 11.0. The molecule has 0 fully saturated rings. The van der Waals surface area contributed by atoms with Gasteiger partial charge in [0.1, 0.15) is 23.5 Å². The summed E-state index contributed by atoms with van der Waals surface area (Å²) < 4.78 is 0. The molecular weight excluding hydrogens is 220 g/mol. The lowest BCUT2D eigenvalue weighted by atomic mass is 10.2. The topological polar surface area (TPSA) is 119 Å². The van der Waals surface area contributed by atoms with E-state index in [-0.39, 0.29) is 0 Å². The molecule has 0 saturated carbocycles. The van der Waals surface area contributed by atoms with Gasteiger partial charge in [0.05, 0.1) is 0 Å². The molecule has 0 aliphatic heterocycles. The van der Waals surface area contributed by atoms with E-state index in [4.69, 9.17) is 11.6 Å². The maximum Gasteiger partial charge on any atom is 0.239 e. The monoisotopic (exact) mass is 238 g/mol. The first-order valence-corrected chi connectivity index (χ1v) is 5.39. The van der Waals surface area contributed by atoms with Crippen LogP contribution in [0, 0.1) is 6.92 Å². The van der Waals surface area contributed by atoms with Crippen LogP contribution < -0.4 is 22.3 Å². The minimum absolute atomic E-state index is 0.441. The third kappa shape index (κ3) is 3.04. The van der Waals surface area contributed by atoms with Crippen molar-refractivity contribution in [1.29, 1.82) is 0 Å². The summed E-state index contributed by atoms with van der Waals surface area (Å²) in [7, 11) is 0. The van der Waals surface area contributed by atoms with E-state index < -0.39 is 11.9 Å². The first-order chi connectivity index (χ1) is 7.99. The molecule has 6 N–H and O–H groups in total. The molecule has 1 rings (SSSR count). The number of aryl methyl sites for hydroxylation is 1. The molecule has 1 amide bonds. The smallest absolute Gasteiger partial charge is 0.239 e. The number of hydrogen-bond donors (Lipinski definition) is 4. The van der Waals surface area contributed by atoms with Crippen LogP contribution in [-0.4, -0.2) is 21.9 Å². The summed E-state index contributed by atoms with van der Waals surface area (Å²) in [5.41, 5.74) is 8.44. The van der Waals surface area contributed by atoms with Gasteiger partial charge < -0.3 is 16.5 Å². The number of carbonyl (C=O) groups excluding carboxylic acids is 1. The van der Waals surface area contributed by atoms with E-state index in [1.807, 2.05) is 13.8 Å². The van der Waals surface area contributed by atoms with E-state index in [0.717, 1.165) is 5.56 Å². The Kier molecular flexibility index (Phi) is 4.22. The van der Waals surface area contributed by atoms with Gasteiger partial charge in [-0.25, -0.2) is 15.8 Å². The molecule has 1 aromatic rings. The summed E-state index contributed by atoms with van der Waals surface area (Å²) in [5, 5.41) is 2.94. The molecular formula is C10H18N6O. The van der Waals surface area contributed by atoms with E-state index in [0.29, 0.717) is 23.9 Å². The van der Waals surface area contributed by atoms with Crippen LogP contribution in [0.15, 0.2) is 0 Å². The number of nitrogens with zero attached hydrogens (tertiary/aromatic N) is 2. The van der Waals surface area contributed by atoms with Gasteiger partial charge in [0, 0.05) is 12.0 Å². The third-order valence-electron chi connectivity index (χ3n) is 2.43. The molecule has 94 valence electrons. The Morgan fingerprint density at radius 2 is 2.00 bits per heavy atom. The number of rotatable bonds is 5. The van der Waals surface area contributed by atoms with Crippen molar-refractivity contribution >= 4 is 17.5 Å². The lowest BCUT2D eigenvalue weighted by Crippen LogP contribution is -2.33. The molecule has 0 aliphatic rings. The molecule has 0 aromatic carbocycles. The second-order valence-electron chi connectivity index (χ2n) is 3.73. The average molecular weight is 238 g/mol. The van der Waals surface area contributed by atoms with Crippen molar-refractivity contribution in [3.05, 3.63) is 11.4 Å². The summed E-state index contributed by atoms with van der Waals surface area (Å²) in [4.78, 5) is 19.5. The predicted molar refractivity (Wildman–Crippen MR) is 66.2 cm³/mol. The molecule has 1 heterocycles. The van der Waals surface area contributed by atoms with Crippen molar-refractivity contribution < 1.29 is 4.79 Å². The van der Waals surface area contributed by atoms with Crippen LogP contribution in [0.3, 0.4) is 0 Å². The number of amides is 1. The Bertz CT molecular complexity index is 420. The van der Waals surface area contributed by atoms with Crippen LogP contribution in [0.25, 0.3) is 0 Å².